The highest BCUT2D eigenvalue weighted by molar-refractivity contribution is 7.09. The van der Waals surface area contributed by atoms with Crippen LogP contribution < -0.4 is 5.32 Å². The predicted octanol–water partition coefficient (Wildman–Crippen LogP) is 0.813. The van der Waals surface area contributed by atoms with Gasteiger partial charge in [0.15, 0.2) is 0 Å². The van der Waals surface area contributed by atoms with Crippen molar-refractivity contribution in [2.24, 2.45) is 0 Å². The Kier molecular flexibility index (Phi) is 2.98. The molecule has 2 N–H and O–H groups in total. The fourth-order valence-electron chi connectivity index (χ4n) is 0.741. The number of hydrogen-bond donors (Lipinski definition) is 2. The molecule has 0 radical (unpaired) electrons. The summed E-state index contributed by atoms with van der Waals surface area (Å²) in [5.41, 5.74) is 0. The van der Waals surface area contributed by atoms with Crippen LogP contribution in [0.4, 0.5) is 5.00 Å². The Labute approximate surface area is 73.6 Å². The first-order chi connectivity index (χ1) is 5.74. The summed E-state index contributed by atoms with van der Waals surface area (Å²) in [6.45, 7) is 1.81. The highest BCUT2D eigenvalue weighted by atomic mass is 32.1. The Balaban J connectivity index is 2.54. The topological polar surface area (TPSA) is 75.1 Å². The minimum absolute atomic E-state index is 0.535. The fourth-order valence-corrected chi connectivity index (χ4v) is 1.21. The molecule has 0 saturated carbocycles. The van der Waals surface area contributed by atoms with Crippen LogP contribution in [0.5, 0.6) is 0 Å². The Hall–Kier alpha value is -1.17. The third-order valence-corrected chi connectivity index (χ3v) is 1.98. The van der Waals surface area contributed by atoms with Gasteiger partial charge in [-0.15, -0.1) is 5.10 Å². The number of nitrogens with zero attached hydrogens (tertiary/aromatic N) is 2. The number of aromatic nitrogens is 2. The normalized spacial score (nSPS) is 12.4. The molecule has 6 heteroatoms. The van der Waals surface area contributed by atoms with E-state index in [-0.39, 0.29) is 0 Å². The molecule has 1 aromatic rings. The zero-order valence-electron chi connectivity index (χ0n) is 6.52. The van der Waals surface area contributed by atoms with Gasteiger partial charge in [-0.05, 0) is 6.42 Å². The molecule has 0 saturated heterocycles. The van der Waals surface area contributed by atoms with Crippen LogP contribution in [0.25, 0.3) is 0 Å². The lowest BCUT2D eigenvalue weighted by molar-refractivity contribution is -0.137. The predicted molar refractivity (Wildman–Crippen MR) is 45.2 cm³/mol. The van der Waals surface area contributed by atoms with Crippen LogP contribution in [0.3, 0.4) is 0 Å². The monoisotopic (exact) mass is 187 g/mol. The molecule has 1 heterocycles. The number of carboxylic acids is 1. The number of aliphatic carboxylic acids is 1. The highest BCUT2D eigenvalue weighted by Gasteiger charge is 2.14. The number of anilines is 1. The molecule has 0 aliphatic rings. The molecular weight excluding hydrogens is 178 g/mol. The van der Waals surface area contributed by atoms with Gasteiger partial charge < -0.3 is 10.4 Å². The lowest BCUT2D eigenvalue weighted by Gasteiger charge is -2.09. The minimum Gasteiger partial charge on any atom is -0.480 e. The van der Waals surface area contributed by atoms with Gasteiger partial charge in [-0.2, -0.15) is 0 Å². The van der Waals surface area contributed by atoms with Crippen LogP contribution in [-0.4, -0.2) is 26.7 Å². The molecule has 5 nitrogen and oxygen atoms in total. The Morgan fingerprint density at radius 2 is 2.67 bits per heavy atom. The van der Waals surface area contributed by atoms with Gasteiger partial charge in [-0.1, -0.05) is 11.4 Å². The molecule has 0 aliphatic heterocycles. The average molecular weight is 187 g/mol. The largest absolute Gasteiger partial charge is 0.480 e. The molecule has 0 aliphatic carbocycles. The van der Waals surface area contributed by atoms with Crippen molar-refractivity contribution in [3.8, 4) is 0 Å². The summed E-state index contributed by atoms with van der Waals surface area (Å²) in [6, 6.07) is -0.549. The number of nitrogens with one attached hydrogen (secondary N) is 1. The third-order valence-electron chi connectivity index (χ3n) is 1.38. The van der Waals surface area contributed by atoms with Gasteiger partial charge in [-0.25, -0.2) is 4.79 Å². The molecular formula is C6H9N3O2S. The van der Waals surface area contributed by atoms with Crippen LogP contribution in [0.15, 0.2) is 6.20 Å². The van der Waals surface area contributed by atoms with E-state index in [4.69, 9.17) is 5.11 Å². The van der Waals surface area contributed by atoms with Crippen molar-refractivity contribution in [3.63, 3.8) is 0 Å². The quantitative estimate of drug-likeness (QED) is 0.729. The van der Waals surface area contributed by atoms with Crippen LogP contribution in [0.1, 0.15) is 13.3 Å². The number of carboxylic acid groups (broad SMARTS) is 1. The van der Waals surface area contributed by atoms with Crippen LogP contribution >= 0.6 is 11.5 Å². The summed E-state index contributed by atoms with van der Waals surface area (Å²) < 4.78 is 3.61. The molecule has 0 spiro atoms. The first-order valence-electron chi connectivity index (χ1n) is 3.50. The molecule has 0 fully saturated rings. The zero-order chi connectivity index (χ0) is 8.97. The first-order valence-corrected chi connectivity index (χ1v) is 4.28. The van der Waals surface area contributed by atoms with Gasteiger partial charge in [0, 0.05) is 11.5 Å². The van der Waals surface area contributed by atoms with Crippen LogP contribution in [0.2, 0.25) is 0 Å². The van der Waals surface area contributed by atoms with E-state index in [9.17, 15) is 4.79 Å². The van der Waals surface area contributed by atoms with E-state index < -0.39 is 12.0 Å². The van der Waals surface area contributed by atoms with Crippen molar-refractivity contribution < 1.29 is 9.90 Å². The van der Waals surface area contributed by atoms with Gasteiger partial charge >= 0.3 is 5.97 Å². The van der Waals surface area contributed by atoms with E-state index >= 15 is 0 Å². The van der Waals surface area contributed by atoms with E-state index in [0.717, 1.165) is 11.5 Å². The lowest BCUT2D eigenvalue weighted by atomic mass is 10.2. The summed E-state index contributed by atoms with van der Waals surface area (Å²) in [4.78, 5) is 10.6. The van der Waals surface area contributed by atoms with E-state index in [1.165, 1.54) is 6.20 Å². The smallest absolute Gasteiger partial charge is 0.326 e. The standard InChI is InChI=1S/C6H9N3O2S/c1-2-4(6(10)11)8-5-3-7-9-12-5/h3-4,8H,2H2,1H3,(H,10,11). The van der Waals surface area contributed by atoms with Crippen molar-refractivity contribution >= 4 is 22.5 Å². The molecule has 1 unspecified atom stereocenters. The van der Waals surface area contributed by atoms with Crippen LogP contribution in [0, 0.1) is 0 Å². The van der Waals surface area contributed by atoms with Crippen LogP contribution in [-0.2, 0) is 4.79 Å². The summed E-state index contributed by atoms with van der Waals surface area (Å²) in [7, 11) is 0. The molecule has 0 amide bonds. The molecule has 1 rings (SSSR count). The van der Waals surface area contributed by atoms with Gasteiger partial charge in [0.25, 0.3) is 0 Å². The molecule has 0 bridgehead atoms. The Morgan fingerprint density at radius 3 is 3.08 bits per heavy atom. The summed E-state index contributed by atoms with van der Waals surface area (Å²) in [6.07, 6.45) is 2.05. The van der Waals surface area contributed by atoms with Crippen molar-refractivity contribution in [3.05, 3.63) is 6.20 Å². The van der Waals surface area contributed by atoms with Gasteiger partial charge in [0.1, 0.15) is 11.0 Å². The summed E-state index contributed by atoms with van der Waals surface area (Å²) in [5.74, 6) is -0.856. The van der Waals surface area contributed by atoms with Crippen molar-refractivity contribution in [2.45, 2.75) is 19.4 Å². The van der Waals surface area contributed by atoms with E-state index in [1.54, 1.807) is 6.92 Å². The number of hydrogen-bond acceptors (Lipinski definition) is 5. The van der Waals surface area contributed by atoms with E-state index in [0.29, 0.717) is 11.4 Å². The Bertz CT molecular complexity index is 249. The number of rotatable bonds is 4. The van der Waals surface area contributed by atoms with Crippen molar-refractivity contribution in [2.75, 3.05) is 5.32 Å². The maximum absolute atomic E-state index is 10.6. The van der Waals surface area contributed by atoms with Crippen molar-refractivity contribution in [1.82, 2.24) is 9.59 Å². The lowest BCUT2D eigenvalue weighted by Crippen LogP contribution is -2.27. The molecule has 1 aromatic heterocycles. The minimum atomic E-state index is -0.856. The first kappa shape index (κ1) is 8.92. The highest BCUT2D eigenvalue weighted by Crippen LogP contribution is 2.11. The molecule has 0 aromatic carbocycles. The zero-order valence-corrected chi connectivity index (χ0v) is 7.34. The summed E-state index contributed by atoms with van der Waals surface area (Å²) in [5, 5.41) is 15.7. The SMILES string of the molecule is CCC(Nc1cnns1)C(=O)O. The molecule has 12 heavy (non-hydrogen) atoms. The fraction of sp³-hybridized carbons (Fsp3) is 0.500. The maximum Gasteiger partial charge on any atom is 0.326 e. The Morgan fingerprint density at radius 1 is 1.92 bits per heavy atom. The van der Waals surface area contributed by atoms with E-state index in [1.807, 2.05) is 0 Å². The second-order valence-electron chi connectivity index (χ2n) is 2.23. The maximum atomic E-state index is 10.6. The summed E-state index contributed by atoms with van der Waals surface area (Å²) >= 11 is 1.15. The van der Waals surface area contributed by atoms with E-state index in [2.05, 4.69) is 14.9 Å². The second kappa shape index (κ2) is 4.01. The molecule has 66 valence electrons. The molecule has 1 atom stereocenters. The van der Waals surface area contributed by atoms with Gasteiger partial charge in [0.05, 0.1) is 6.20 Å². The second-order valence-corrected chi connectivity index (χ2v) is 3.01. The van der Waals surface area contributed by atoms with Crippen molar-refractivity contribution in [1.29, 1.82) is 0 Å². The van der Waals surface area contributed by atoms with Gasteiger partial charge in [0.2, 0.25) is 0 Å². The number of carbonyl (C=O) groups is 1. The average Bonchev–Trinajstić information content (AvgIpc) is 2.51. The van der Waals surface area contributed by atoms with Gasteiger partial charge in [-0.3, -0.25) is 0 Å². The third kappa shape index (κ3) is 2.16.